The standard InChI is InChI=1S/C31H56O3S2/c1-4-6-8-10-12-14-16-18-20-22-24-35(33)29-26-28(3)31(32)30(27-29)36(34)25-23-21-19-17-15-13-11-9-7-5-2/h26-27,32H,4-25H2,1-3H3. The molecule has 0 aliphatic heterocycles. The molecule has 0 saturated carbocycles. The molecule has 3 nitrogen and oxygen atoms in total. The van der Waals surface area contributed by atoms with E-state index in [0.717, 1.165) is 25.7 Å². The Bertz CT molecular complexity index is 733. The van der Waals surface area contributed by atoms with E-state index >= 15 is 0 Å². The van der Waals surface area contributed by atoms with Gasteiger partial charge in [0.1, 0.15) is 5.75 Å². The summed E-state index contributed by atoms with van der Waals surface area (Å²) >= 11 is 0. The molecule has 2 atom stereocenters. The van der Waals surface area contributed by atoms with Gasteiger partial charge < -0.3 is 5.11 Å². The summed E-state index contributed by atoms with van der Waals surface area (Å²) in [5, 5.41) is 10.5. The summed E-state index contributed by atoms with van der Waals surface area (Å²) in [6, 6.07) is 3.55. The lowest BCUT2D eigenvalue weighted by atomic mass is 10.1. The van der Waals surface area contributed by atoms with Gasteiger partial charge in [-0.3, -0.25) is 8.42 Å². The van der Waals surface area contributed by atoms with Crippen molar-refractivity contribution in [2.24, 2.45) is 0 Å². The first-order chi connectivity index (χ1) is 17.5. The Morgan fingerprint density at radius 1 is 0.556 bits per heavy atom. The number of aromatic hydroxyl groups is 1. The Morgan fingerprint density at radius 3 is 1.33 bits per heavy atom. The summed E-state index contributed by atoms with van der Waals surface area (Å²) in [4.78, 5) is 1.19. The Labute approximate surface area is 228 Å². The molecule has 0 amide bonds. The number of phenols is 1. The van der Waals surface area contributed by atoms with Crippen molar-refractivity contribution < 1.29 is 13.5 Å². The molecule has 0 spiro atoms. The molecule has 0 fully saturated rings. The number of benzene rings is 1. The van der Waals surface area contributed by atoms with Crippen molar-refractivity contribution in [2.75, 3.05) is 11.5 Å². The molecule has 1 aromatic rings. The van der Waals surface area contributed by atoms with Crippen molar-refractivity contribution >= 4 is 21.6 Å². The summed E-state index contributed by atoms with van der Waals surface area (Å²) in [7, 11) is -2.35. The molecular weight excluding hydrogens is 484 g/mol. The van der Waals surface area contributed by atoms with Crippen LogP contribution in [0.5, 0.6) is 5.75 Å². The molecule has 36 heavy (non-hydrogen) atoms. The summed E-state index contributed by atoms with van der Waals surface area (Å²) in [5.41, 5.74) is 0.676. The molecule has 0 saturated heterocycles. The number of unbranched alkanes of at least 4 members (excludes halogenated alkanes) is 18. The molecule has 0 heterocycles. The Balaban J connectivity index is 2.31. The molecule has 210 valence electrons. The highest BCUT2D eigenvalue weighted by Gasteiger charge is 2.16. The van der Waals surface area contributed by atoms with Crippen LogP contribution in [0.3, 0.4) is 0 Å². The third kappa shape index (κ3) is 15.5. The molecule has 1 aromatic carbocycles. The highest BCUT2D eigenvalue weighted by molar-refractivity contribution is 7.85. The van der Waals surface area contributed by atoms with Crippen LogP contribution >= 0.6 is 0 Å². The molecule has 1 N–H and O–H groups in total. The molecule has 0 aliphatic carbocycles. The molecule has 0 aliphatic rings. The van der Waals surface area contributed by atoms with Crippen LogP contribution in [0.1, 0.15) is 148 Å². The van der Waals surface area contributed by atoms with Gasteiger partial charge in [-0.05, 0) is 37.5 Å². The van der Waals surface area contributed by atoms with Gasteiger partial charge in [-0.2, -0.15) is 0 Å². The normalized spacial score (nSPS) is 13.2. The minimum atomic E-state index is -1.24. The van der Waals surface area contributed by atoms with E-state index in [2.05, 4.69) is 13.8 Å². The van der Waals surface area contributed by atoms with Crippen LogP contribution in [0.15, 0.2) is 21.9 Å². The van der Waals surface area contributed by atoms with Gasteiger partial charge in [-0.1, -0.05) is 129 Å². The van der Waals surface area contributed by atoms with Crippen molar-refractivity contribution in [3.05, 3.63) is 17.7 Å². The highest BCUT2D eigenvalue weighted by atomic mass is 32.2. The van der Waals surface area contributed by atoms with Gasteiger partial charge in [-0.15, -0.1) is 0 Å². The van der Waals surface area contributed by atoms with Gasteiger partial charge in [0.2, 0.25) is 0 Å². The maximum atomic E-state index is 12.9. The van der Waals surface area contributed by atoms with Gasteiger partial charge in [0.05, 0.1) is 26.5 Å². The maximum absolute atomic E-state index is 12.9. The summed E-state index contributed by atoms with van der Waals surface area (Å²) in [5.74, 6) is 1.32. The van der Waals surface area contributed by atoms with Crippen LogP contribution in [0.2, 0.25) is 0 Å². The smallest absolute Gasteiger partial charge is 0.134 e. The number of rotatable bonds is 24. The fourth-order valence-electron chi connectivity index (χ4n) is 4.69. The van der Waals surface area contributed by atoms with E-state index in [1.807, 2.05) is 13.0 Å². The van der Waals surface area contributed by atoms with Gasteiger partial charge in [0.25, 0.3) is 0 Å². The van der Waals surface area contributed by atoms with Crippen LogP contribution in [-0.4, -0.2) is 25.0 Å². The lowest BCUT2D eigenvalue weighted by Gasteiger charge is -2.11. The summed E-state index contributed by atoms with van der Waals surface area (Å²) in [6.45, 7) is 6.32. The first-order valence-electron chi connectivity index (χ1n) is 15.1. The largest absolute Gasteiger partial charge is 0.506 e. The Hall–Kier alpha value is -0.680. The number of aryl methyl sites for hydroxylation is 1. The van der Waals surface area contributed by atoms with Crippen molar-refractivity contribution in [3.63, 3.8) is 0 Å². The van der Waals surface area contributed by atoms with Crippen LogP contribution in [0.25, 0.3) is 0 Å². The van der Waals surface area contributed by atoms with E-state index in [4.69, 9.17) is 0 Å². The predicted octanol–water partition coefficient (Wildman–Crippen LogP) is 9.76. The molecule has 2 unspecified atom stereocenters. The summed E-state index contributed by atoms with van der Waals surface area (Å²) < 4.78 is 25.8. The lowest BCUT2D eigenvalue weighted by Crippen LogP contribution is -2.04. The first-order valence-corrected chi connectivity index (χ1v) is 17.7. The van der Waals surface area contributed by atoms with E-state index < -0.39 is 21.6 Å². The van der Waals surface area contributed by atoms with E-state index in [0.29, 0.717) is 26.9 Å². The third-order valence-corrected chi connectivity index (χ3v) is 10.00. The quantitative estimate of drug-likeness (QED) is 0.133. The van der Waals surface area contributed by atoms with Gasteiger partial charge in [0, 0.05) is 16.4 Å². The number of hydrogen-bond acceptors (Lipinski definition) is 3. The molecule has 0 bridgehead atoms. The summed E-state index contributed by atoms with van der Waals surface area (Å²) in [6.07, 6.45) is 25.1. The fraction of sp³-hybridized carbons (Fsp3) is 0.806. The monoisotopic (exact) mass is 540 g/mol. The van der Waals surface area contributed by atoms with Crippen molar-refractivity contribution in [1.82, 2.24) is 0 Å². The van der Waals surface area contributed by atoms with Crippen LogP contribution < -0.4 is 0 Å². The van der Waals surface area contributed by atoms with E-state index in [-0.39, 0.29) is 5.75 Å². The minimum Gasteiger partial charge on any atom is -0.506 e. The number of phenolic OH excluding ortho intramolecular Hbond substituents is 1. The molecule has 0 radical (unpaired) electrons. The minimum absolute atomic E-state index is 0.111. The molecule has 5 heteroatoms. The molecular formula is C31H56O3S2. The topological polar surface area (TPSA) is 54.4 Å². The Morgan fingerprint density at radius 2 is 0.917 bits per heavy atom. The fourth-order valence-corrected chi connectivity index (χ4v) is 7.34. The van der Waals surface area contributed by atoms with Gasteiger partial charge in [-0.25, -0.2) is 0 Å². The van der Waals surface area contributed by atoms with Gasteiger partial charge >= 0.3 is 0 Å². The van der Waals surface area contributed by atoms with Crippen LogP contribution in [0.4, 0.5) is 0 Å². The lowest BCUT2D eigenvalue weighted by molar-refractivity contribution is 0.456. The zero-order valence-corrected chi connectivity index (χ0v) is 25.4. The zero-order valence-electron chi connectivity index (χ0n) is 23.8. The molecule has 0 aromatic heterocycles. The van der Waals surface area contributed by atoms with E-state index in [9.17, 15) is 13.5 Å². The third-order valence-electron chi connectivity index (χ3n) is 7.11. The SMILES string of the molecule is CCCCCCCCCCCCS(=O)c1cc(C)c(O)c(S(=O)CCCCCCCCCCCC)c1. The second kappa shape index (κ2) is 22.3. The molecule has 1 rings (SSSR count). The average Bonchev–Trinajstić information content (AvgIpc) is 2.87. The zero-order chi connectivity index (χ0) is 26.4. The Kier molecular flexibility index (Phi) is 20.7. The highest BCUT2D eigenvalue weighted by Crippen LogP contribution is 2.29. The van der Waals surface area contributed by atoms with E-state index in [1.54, 1.807) is 6.07 Å². The van der Waals surface area contributed by atoms with Crippen molar-refractivity contribution in [3.8, 4) is 5.75 Å². The first kappa shape index (κ1) is 33.3. The van der Waals surface area contributed by atoms with E-state index in [1.165, 1.54) is 103 Å². The average molecular weight is 541 g/mol. The van der Waals surface area contributed by atoms with Crippen molar-refractivity contribution in [1.29, 1.82) is 0 Å². The second-order valence-electron chi connectivity index (χ2n) is 10.6. The van der Waals surface area contributed by atoms with Crippen molar-refractivity contribution in [2.45, 2.75) is 159 Å². The van der Waals surface area contributed by atoms with Crippen LogP contribution in [0, 0.1) is 6.92 Å². The maximum Gasteiger partial charge on any atom is 0.134 e. The van der Waals surface area contributed by atoms with Crippen LogP contribution in [-0.2, 0) is 21.6 Å². The van der Waals surface area contributed by atoms with Gasteiger partial charge in [0.15, 0.2) is 0 Å². The second-order valence-corrected chi connectivity index (χ2v) is 13.7. The predicted molar refractivity (Wildman–Crippen MR) is 159 cm³/mol. The number of hydrogen-bond donors (Lipinski definition) is 1.